The minimum Gasteiger partial charge on any atom is -0.330 e. The summed E-state index contributed by atoms with van der Waals surface area (Å²) >= 11 is 5.21. The second kappa shape index (κ2) is 4.69. The van der Waals surface area contributed by atoms with Crippen LogP contribution in [0.25, 0.3) is 10.6 Å². The first-order valence-electron chi connectivity index (χ1n) is 5.11. The summed E-state index contributed by atoms with van der Waals surface area (Å²) in [5.74, 6) is 0. The summed E-state index contributed by atoms with van der Waals surface area (Å²) in [4.78, 5) is 1.24. The molecule has 0 saturated carbocycles. The van der Waals surface area contributed by atoms with Gasteiger partial charge in [0.05, 0.1) is 20.1 Å². The van der Waals surface area contributed by atoms with E-state index in [1.54, 1.807) is 11.3 Å². The average Bonchev–Trinajstić information content (AvgIpc) is 2.74. The van der Waals surface area contributed by atoms with E-state index in [4.69, 9.17) is 5.73 Å². The van der Waals surface area contributed by atoms with Crippen LogP contribution in [0, 0.1) is 6.92 Å². The van der Waals surface area contributed by atoms with Gasteiger partial charge < -0.3 is 5.73 Å². The molecule has 0 bridgehead atoms. The van der Waals surface area contributed by atoms with Gasteiger partial charge >= 0.3 is 0 Å². The number of aromatic nitrogens is 2. The topological polar surface area (TPSA) is 43.8 Å². The summed E-state index contributed by atoms with van der Waals surface area (Å²) in [5.41, 5.74) is 9.11. The highest BCUT2D eigenvalue weighted by Gasteiger charge is 2.14. The van der Waals surface area contributed by atoms with Gasteiger partial charge in [0, 0.05) is 13.5 Å². The average molecular weight is 300 g/mol. The molecule has 0 spiro atoms. The summed E-state index contributed by atoms with van der Waals surface area (Å²) in [6, 6.07) is 4.18. The van der Waals surface area contributed by atoms with Gasteiger partial charge in [-0.05, 0) is 47.1 Å². The van der Waals surface area contributed by atoms with E-state index in [0.717, 1.165) is 15.9 Å². The Balaban J connectivity index is 2.48. The number of aryl methyl sites for hydroxylation is 1. The van der Waals surface area contributed by atoms with Crippen molar-refractivity contribution < 1.29 is 0 Å². The van der Waals surface area contributed by atoms with Gasteiger partial charge in [0.15, 0.2) is 0 Å². The van der Waals surface area contributed by atoms with Crippen molar-refractivity contribution in [1.82, 2.24) is 9.78 Å². The second-order valence-corrected chi connectivity index (χ2v) is 6.15. The zero-order chi connectivity index (χ0) is 11.7. The molecule has 0 fully saturated rings. The second-order valence-electron chi connectivity index (χ2n) is 3.69. The van der Waals surface area contributed by atoms with Gasteiger partial charge in [0.25, 0.3) is 0 Å². The van der Waals surface area contributed by atoms with Crippen LogP contribution in [-0.4, -0.2) is 16.3 Å². The van der Waals surface area contributed by atoms with E-state index in [1.165, 1.54) is 16.1 Å². The molecule has 0 radical (unpaired) electrons. The Morgan fingerprint density at radius 1 is 1.50 bits per heavy atom. The third-order valence-corrected chi connectivity index (χ3v) is 4.20. The molecule has 2 heterocycles. The molecule has 2 aromatic rings. The van der Waals surface area contributed by atoms with E-state index in [0.29, 0.717) is 6.54 Å². The molecule has 0 atom stereocenters. The maximum atomic E-state index is 5.58. The molecule has 2 N–H and O–H groups in total. The molecule has 16 heavy (non-hydrogen) atoms. The van der Waals surface area contributed by atoms with E-state index < -0.39 is 0 Å². The normalized spacial score (nSPS) is 11.0. The van der Waals surface area contributed by atoms with Crippen LogP contribution in [-0.2, 0) is 13.5 Å². The van der Waals surface area contributed by atoms with Crippen LogP contribution in [0.4, 0.5) is 0 Å². The molecule has 3 nitrogen and oxygen atoms in total. The zero-order valence-corrected chi connectivity index (χ0v) is 11.7. The third kappa shape index (κ3) is 2.07. The quantitative estimate of drug-likeness (QED) is 0.947. The first-order chi connectivity index (χ1) is 7.63. The van der Waals surface area contributed by atoms with E-state index >= 15 is 0 Å². The Morgan fingerprint density at radius 3 is 2.81 bits per heavy atom. The van der Waals surface area contributed by atoms with Gasteiger partial charge in [-0.3, -0.25) is 4.68 Å². The summed E-state index contributed by atoms with van der Waals surface area (Å²) in [6.45, 7) is 2.76. The molecule has 0 saturated heterocycles. The number of hydrogen-bond acceptors (Lipinski definition) is 3. The van der Waals surface area contributed by atoms with Crippen molar-refractivity contribution in [3.05, 3.63) is 27.2 Å². The van der Waals surface area contributed by atoms with Crippen LogP contribution in [0.2, 0.25) is 0 Å². The molecule has 0 aliphatic carbocycles. The summed E-state index contributed by atoms with van der Waals surface area (Å²) in [6.07, 6.45) is 0.840. The van der Waals surface area contributed by atoms with Crippen LogP contribution in [0.1, 0.15) is 11.3 Å². The molecule has 0 amide bonds. The number of nitrogens with two attached hydrogens (primary N) is 1. The van der Waals surface area contributed by atoms with Crippen molar-refractivity contribution >= 4 is 27.3 Å². The highest BCUT2D eigenvalue weighted by molar-refractivity contribution is 9.11. The smallest absolute Gasteiger partial charge is 0.0811 e. The maximum absolute atomic E-state index is 5.58. The van der Waals surface area contributed by atoms with Gasteiger partial charge in [-0.1, -0.05) is 0 Å². The Kier molecular flexibility index (Phi) is 3.47. The minimum absolute atomic E-state index is 0.644. The van der Waals surface area contributed by atoms with Gasteiger partial charge in [-0.25, -0.2) is 0 Å². The predicted molar refractivity (Wildman–Crippen MR) is 71.7 cm³/mol. The van der Waals surface area contributed by atoms with Crippen molar-refractivity contribution in [2.45, 2.75) is 13.3 Å². The lowest BCUT2D eigenvalue weighted by Crippen LogP contribution is -2.04. The maximum Gasteiger partial charge on any atom is 0.0811 e. The lowest BCUT2D eigenvalue weighted by atomic mass is 10.1. The van der Waals surface area contributed by atoms with E-state index in [9.17, 15) is 0 Å². The van der Waals surface area contributed by atoms with Gasteiger partial charge in [-0.15, -0.1) is 11.3 Å². The van der Waals surface area contributed by atoms with Crippen LogP contribution < -0.4 is 5.73 Å². The lowest BCUT2D eigenvalue weighted by molar-refractivity contribution is 0.746. The Morgan fingerprint density at radius 2 is 2.25 bits per heavy atom. The molecule has 0 aliphatic rings. The third-order valence-electron chi connectivity index (χ3n) is 2.57. The SMILES string of the molecule is Cc1c(CCN)nn(C)c1-c1ccc(Br)s1. The fourth-order valence-electron chi connectivity index (χ4n) is 1.85. The fraction of sp³-hybridized carbons (Fsp3) is 0.364. The summed E-state index contributed by atoms with van der Waals surface area (Å²) in [7, 11) is 1.98. The Hall–Kier alpha value is -0.650. The molecule has 5 heteroatoms. The van der Waals surface area contributed by atoms with E-state index in [2.05, 4.69) is 40.1 Å². The van der Waals surface area contributed by atoms with Crippen molar-refractivity contribution in [2.24, 2.45) is 12.8 Å². The monoisotopic (exact) mass is 299 g/mol. The molecule has 2 aromatic heterocycles. The summed E-state index contributed by atoms with van der Waals surface area (Å²) in [5, 5.41) is 4.51. The van der Waals surface area contributed by atoms with E-state index in [-0.39, 0.29) is 0 Å². The van der Waals surface area contributed by atoms with Crippen LogP contribution >= 0.6 is 27.3 Å². The largest absolute Gasteiger partial charge is 0.330 e. The molecular weight excluding hydrogens is 286 g/mol. The number of thiophene rings is 1. The Labute approximate surface area is 107 Å². The van der Waals surface area contributed by atoms with Crippen LogP contribution in [0.5, 0.6) is 0 Å². The Bertz CT molecular complexity index is 501. The van der Waals surface area contributed by atoms with Crippen molar-refractivity contribution in [2.75, 3.05) is 6.54 Å². The first kappa shape index (κ1) is 11.8. The van der Waals surface area contributed by atoms with Crippen LogP contribution in [0.3, 0.4) is 0 Å². The molecule has 86 valence electrons. The van der Waals surface area contributed by atoms with Gasteiger partial charge in [0.1, 0.15) is 0 Å². The zero-order valence-electron chi connectivity index (χ0n) is 9.33. The fourth-order valence-corrected chi connectivity index (χ4v) is 3.36. The summed E-state index contributed by atoms with van der Waals surface area (Å²) < 4.78 is 3.09. The number of hydrogen-bond donors (Lipinski definition) is 1. The van der Waals surface area contributed by atoms with Crippen molar-refractivity contribution in [3.63, 3.8) is 0 Å². The minimum atomic E-state index is 0.644. The van der Waals surface area contributed by atoms with Gasteiger partial charge in [0.2, 0.25) is 0 Å². The van der Waals surface area contributed by atoms with Crippen LogP contribution in [0.15, 0.2) is 15.9 Å². The number of nitrogens with zero attached hydrogens (tertiary/aromatic N) is 2. The first-order valence-corrected chi connectivity index (χ1v) is 6.72. The molecule has 0 aromatic carbocycles. The standard InChI is InChI=1S/C11H14BrN3S/c1-7-8(5-6-13)14-15(2)11(7)9-3-4-10(12)16-9/h3-4H,5-6,13H2,1-2H3. The molecule has 0 aliphatic heterocycles. The van der Waals surface area contributed by atoms with Crippen molar-refractivity contribution in [1.29, 1.82) is 0 Å². The lowest BCUT2D eigenvalue weighted by Gasteiger charge is -1.99. The molecule has 2 rings (SSSR count). The highest BCUT2D eigenvalue weighted by Crippen LogP contribution is 2.33. The van der Waals surface area contributed by atoms with Crippen molar-refractivity contribution in [3.8, 4) is 10.6 Å². The number of rotatable bonds is 3. The van der Waals surface area contributed by atoms with Gasteiger partial charge in [-0.2, -0.15) is 5.10 Å². The predicted octanol–water partition coefficient (Wildman–Crippen LogP) is 2.72. The highest BCUT2D eigenvalue weighted by atomic mass is 79.9. The molecular formula is C11H14BrN3S. The number of halogens is 1. The molecule has 0 unspecified atom stereocenters. The van der Waals surface area contributed by atoms with E-state index in [1.807, 2.05) is 11.7 Å².